The van der Waals surface area contributed by atoms with E-state index >= 15 is 0 Å². The van der Waals surface area contributed by atoms with Crippen LogP contribution in [0.2, 0.25) is 0 Å². The smallest absolute Gasteiger partial charge is 0.154 e. The first-order chi connectivity index (χ1) is 12.7. The van der Waals surface area contributed by atoms with Crippen molar-refractivity contribution in [1.29, 1.82) is 0 Å². The summed E-state index contributed by atoms with van der Waals surface area (Å²) in [6.45, 7) is 6.26. The van der Waals surface area contributed by atoms with E-state index in [1.807, 2.05) is 19.1 Å². The van der Waals surface area contributed by atoms with Crippen LogP contribution in [-0.2, 0) is 9.47 Å². The molecular weight excluding hydrogens is 326 g/mol. The molecule has 4 heteroatoms. The van der Waals surface area contributed by atoms with Gasteiger partial charge in [-0.2, -0.15) is 0 Å². The summed E-state index contributed by atoms with van der Waals surface area (Å²) < 4.78 is 11.3. The predicted molar refractivity (Wildman–Crippen MR) is 110 cm³/mol. The Bertz CT molecular complexity index is 439. The maximum Gasteiger partial charge on any atom is 0.154 e. The van der Waals surface area contributed by atoms with Crippen molar-refractivity contribution in [2.75, 3.05) is 25.1 Å². The van der Waals surface area contributed by atoms with E-state index in [4.69, 9.17) is 9.47 Å². The first kappa shape index (κ1) is 22.8. The minimum absolute atomic E-state index is 0.167. The number of nitrogens with one attached hydrogen (secondary N) is 1. The Morgan fingerprint density at radius 3 is 2.15 bits per heavy atom. The van der Waals surface area contributed by atoms with Gasteiger partial charge in [0.1, 0.15) is 5.75 Å². The van der Waals surface area contributed by atoms with Gasteiger partial charge in [0.15, 0.2) is 6.29 Å². The number of aromatic hydroxyl groups is 1. The SMILES string of the molecule is CCCCCCCCCCCCOC(C)OCCNc1cccc(O)c1. The van der Waals surface area contributed by atoms with Crippen LogP contribution in [0.15, 0.2) is 24.3 Å². The lowest BCUT2D eigenvalue weighted by molar-refractivity contribution is -0.128. The summed E-state index contributed by atoms with van der Waals surface area (Å²) in [5.41, 5.74) is 0.896. The molecule has 0 amide bonds. The highest BCUT2D eigenvalue weighted by atomic mass is 16.7. The van der Waals surface area contributed by atoms with Crippen molar-refractivity contribution in [2.24, 2.45) is 0 Å². The van der Waals surface area contributed by atoms with Gasteiger partial charge in [0, 0.05) is 24.9 Å². The maximum atomic E-state index is 9.40. The topological polar surface area (TPSA) is 50.7 Å². The number of phenolic OH excluding ortho intramolecular Hbond substituents is 1. The molecule has 0 aromatic heterocycles. The molecule has 4 nitrogen and oxygen atoms in total. The number of ether oxygens (including phenoxy) is 2. The van der Waals surface area contributed by atoms with Gasteiger partial charge in [-0.1, -0.05) is 70.8 Å². The van der Waals surface area contributed by atoms with Crippen molar-refractivity contribution in [2.45, 2.75) is 84.3 Å². The van der Waals surface area contributed by atoms with Gasteiger partial charge in [0.25, 0.3) is 0 Å². The molecule has 1 aromatic rings. The van der Waals surface area contributed by atoms with Crippen molar-refractivity contribution in [1.82, 2.24) is 0 Å². The van der Waals surface area contributed by atoms with E-state index in [0.29, 0.717) is 13.2 Å². The molecule has 0 saturated carbocycles. The largest absolute Gasteiger partial charge is 0.508 e. The molecule has 1 aromatic carbocycles. The van der Waals surface area contributed by atoms with Gasteiger partial charge in [-0.25, -0.2) is 0 Å². The number of phenols is 1. The molecule has 0 fully saturated rings. The summed E-state index contributed by atoms with van der Waals surface area (Å²) in [5, 5.41) is 12.6. The molecule has 1 atom stereocenters. The summed E-state index contributed by atoms with van der Waals surface area (Å²) in [5.74, 6) is 0.268. The van der Waals surface area contributed by atoms with Gasteiger partial charge in [0.05, 0.1) is 6.61 Å². The number of unbranched alkanes of at least 4 members (excludes halogenated alkanes) is 9. The van der Waals surface area contributed by atoms with Crippen LogP contribution in [0, 0.1) is 0 Å². The van der Waals surface area contributed by atoms with Gasteiger partial charge < -0.3 is 19.9 Å². The molecule has 0 saturated heterocycles. The lowest BCUT2D eigenvalue weighted by atomic mass is 10.1. The molecule has 0 aliphatic heterocycles. The normalized spacial score (nSPS) is 12.2. The van der Waals surface area contributed by atoms with Crippen molar-refractivity contribution >= 4 is 5.69 Å². The third kappa shape index (κ3) is 13.0. The molecule has 2 N–H and O–H groups in total. The molecule has 0 aliphatic carbocycles. The molecule has 1 rings (SSSR count). The minimum atomic E-state index is -0.167. The fraction of sp³-hybridized carbons (Fsp3) is 0.727. The van der Waals surface area contributed by atoms with Crippen LogP contribution in [0.4, 0.5) is 5.69 Å². The molecule has 0 aliphatic rings. The zero-order chi connectivity index (χ0) is 18.9. The lowest BCUT2D eigenvalue weighted by Gasteiger charge is -2.15. The van der Waals surface area contributed by atoms with Gasteiger partial charge in [-0.3, -0.25) is 0 Å². The molecule has 26 heavy (non-hydrogen) atoms. The zero-order valence-electron chi connectivity index (χ0n) is 16.8. The van der Waals surface area contributed by atoms with Crippen molar-refractivity contribution in [3.05, 3.63) is 24.3 Å². The number of hydrogen-bond donors (Lipinski definition) is 2. The monoisotopic (exact) mass is 365 g/mol. The Hall–Kier alpha value is -1.26. The standard InChI is InChI=1S/C22H39NO3/c1-3-4-5-6-7-8-9-10-11-12-17-25-20(2)26-18-16-23-21-14-13-15-22(24)19-21/h13-15,19-20,23-24H,3-12,16-18H2,1-2H3. The first-order valence-corrected chi connectivity index (χ1v) is 10.5. The fourth-order valence-electron chi connectivity index (χ4n) is 2.92. The van der Waals surface area contributed by atoms with E-state index < -0.39 is 0 Å². The second-order valence-corrected chi connectivity index (χ2v) is 6.97. The van der Waals surface area contributed by atoms with E-state index in [1.54, 1.807) is 12.1 Å². The quantitative estimate of drug-likeness (QED) is 0.258. The number of anilines is 1. The average molecular weight is 366 g/mol. The highest BCUT2D eigenvalue weighted by Gasteiger charge is 2.02. The van der Waals surface area contributed by atoms with Crippen LogP contribution in [0.1, 0.15) is 78.1 Å². The van der Waals surface area contributed by atoms with Gasteiger partial charge in [0.2, 0.25) is 0 Å². The highest BCUT2D eigenvalue weighted by molar-refractivity contribution is 5.47. The summed E-state index contributed by atoms with van der Waals surface area (Å²) >= 11 is 0. The third-order valence-electron chi connectivity index (χ3n) is 4.48. The molecule has 150 valence electrons. The van der Waals surface area contributed by atoms with E-state index in [2.05, 4.69) is 12.2 Å². The molecule has 0 radical (unpaired) electrons. The Balaban J connectivity index is 1.84. The molecule has 1 unspecified atom stereocenters. The van der Waals surface area contributed by atoms with Crippen LogP contribution >= 0.6 is 0 Å². The van der Waals surface area contributed by atoms with Crippen molar-refractivity contribution < 1.29 is 14.6 Å². The summed E-state index contributed by atoms with van der Waals surface area (Å²) in [6, 6.07) is 7.10. The fourth-order valence-corrected chi connectivity index (χ4v) is 2.92. The van der Waals surface area contributed by atoms with E-state index in [0.717, 1.165) is 18.7 Å². The molecule has 0 bridgehead atoms. The van der Waals surface area contributed by atoms with Crippen molar-refractivity contribution in [3.63, 3.8) is 0 Å². The van der Waals surface area contributed by atoms with Crippen LogP contribution in [-0.4, -0.2) is 31.2 Å². The number of rotatable bonds is 17. The number of hydrogen-bond acceptors (Lipinski definition) is 4. The first-order valence-electron chi connectivity index (χ1n) is 10.5. The van der Waals surface area contributed by atoms with Crippen LogP contribution in [0.3, 0.4) is 0 Å². The van der Waals surface area contributed by atoms with Crippen LogP contribution in [0.5, 0.6) is 5.75 Å². The van der Waals surface area contributed by atoms with Gasteiger partial charge in [-0.05, 0) is 25.5 Å². The zero-order valence-corrected chi connectivity index (χ0v) is 16.8. The molecular formula is C22H39NO3. The van der Waals surface area contributed by atoms with E-state index in [1.165, 1.54) is 57.8 Å². The Labute approximate surface area is 160 Å². The Morgan fingerprint density at radius 2 is 1.50 bits per heavy atom. The van der Waals surface area contributed by atoms with Crippen LogP contribution < -0.4 is 5.32 Å². The Kier molecular flexibility index (Phi) is 14.0. The highest BCUT2D eigenvalue weighted by Crippen LogP contribution is 2.15. The maximum absolute atomic E-state index is 9.40. The second-order valence-electron chi connectivity index (χ2n) is 6.97. The van der Waals surface area contributed by atoms with Crippen molar-refractivity contribution in [3.8, 4) is 5.75 Å². The second kappa shape index (κ2) is 16.0. The van der Waals surface area contributed by atoms with E-state index in [-0.39, 0.29) is 12.0 Å². The summed E-state index contributed by atoms with van der Waals surface area (Å²) in [7, 11) is 0. The predicted octanol–water partition coefficient (Wildman–Crippen LogP) is 6.10. The van der Waals surface area contributed by atoms with E-state index in [9.17, 15) is 5.11 Å². The summed E-state index contributed by atoms with van der Waals surface area (Å²) in [4.78, 5) is 0. The van der Waals surface area contributed by atoms with Gasteiger partial charge in [-0.15, -0.1) is 0 Å². The summed E-state index contributed by atoms with van der Waals surface area (Å²) in [6.07, 6.45) is 13.2. The molecule has 0 heterocycles. The lowest BCUT2D eigenvalue weighted by Crippen LogP contribution is -2.18. The Morgan fingerprint density at radius 1 is 0.885 bits per heavy atom. The third-order valence-corrected chi connectivity index (χ3v) is 4.48. The van der Waals surface area contributed by atoms with Crippen LogP contribution in [0.25, 0.3) is 0 Å². The minimum Gasteiger partial charge on any atom is -0.508 e. The van der Waals surface area contributed by atoms with Gasteiger partial charge >= 0.3 is 0 Å². The average Bonchev–Trinajstić information content (AvgIpc) is 2.63. The molecule has 0 spiro atoms. The number of benzene rings is 1.